The van der Waals surface area contributed by atoms with E-state index in [1.165, 1.54) is 30.7 Å². The summed E-state index contributed by atoms with van der Waals surface area (Å²) < 4.78 is 11.4. The van der Waals surface area contributed by atoms with Crippen molar-refractivity contribution in [3.63, 3.8) is 0 Å². The van der Waals surface area contributed by atoms with Crippen molar-refractivity contribution in [1.82, 2.24) is 0 Å². The van der Waals surface area contributed by atoms with Crippen LogP contribution < -0.4 is 9.64 Å². The highest BCUT2D eigenvalue weighted by Crippen LogP contribution is 2.34. The number of rotatable bonds is 9. The molecule has 5 aromatic carbocycles. The SMILES string of the molecule is CC(OC(=O)c1ccc2c(c1)C(=O)N(c1ccc(Oc3ccc(C(C)(C)c4ccccc4)cc3)cc1)C2=O)C(=O)c1ccccc1. The summed E-state index contributed by atoms with van der Waals surface area (Å²) in [6.45, 7) is 5.85. The molecular formula is C39H31NO6. The van der Waals surface area contributed by atoms with Crippen LogP contribution in [0.1, 0.15) is 73.3 Å². The van der Waals surface area contributed by atoms with E-state index in [4.69, 9.17) is 9.47 Å². The number of benzene rings is 5. The van der Waals surface area contributed by atoms with Crippen LogP contribution in [0.2, 0.25) is 0 Å². The number of Topliss-reactive ketones (excluding diaryl/α,β-unsaturated/α-hetero) is 1. The Morgan fingerprint density at radius 1 is 0.630 bits per heavy atom. The second-order valence-electron chi connectivity index (χ2n) is 11.6. The minimum Gasteiger partial charge on any atom is -0.457 e. The number of carbonyl (C=O) groups is 4. The van der Waals surface area contributed by atoms with Crippen LogP contribution in [-0.2, 0) is 10.2 Å². The van der Waals surface area contributed by atoms with Gasteiger partial charge < -0.3 is 9.47 Å². The lowest BCUT2D eigenvalue weighted by Gasteiger charge is -2.26. The van der Waals surface area contributed by atoms with Gasteiger partial charge in [0.15, 0.2) is 6.10 Å². The third kappa shape index (κ3) is 5.83. The van der Waals surface area contributed by atoms with Gasteiger partial charge in [0, 0.05) is 11.0 Å². The van der Waals surface area contributed by atoms with Crippen molar-refractivity contribution in [3.8, 4) is 11.5 Å². The van der Waals surface area contributed by atoms with Crippen molar-refractivity contribution in [2.45, 2.75) is 32.3 Å². The largest absolute Gasteiger partial charge is 0.457 e. The normalized spacial score (nSPS) is 13.2. The fourth-order valence-corrected chi connectivity index (χ4v) is 5.48. The number of hydrogen-bond donors (Lipinski definition) is 0. The summed E-state index contributed by atoms with van der Waals surface area (Å²) in [5.41, 5.74) is 3.31. The molecule has 0 saturated carbocycles. The van der Waals surface area contributed by atoms with E-state index in [0.29, 0.717) is 22.7 Å². The molecule has 7 nitrogen and oxygen atoms in total. The average Bonchev–Trinajstić information content (AvgIpc) is 3.34. The highest BCUT2D eigenvalue weighted by atomic mass is 16.5. The van der Waals surface area contributed by atoms with E-state index in [0.717, 1.165) is 10.5 Å². The maximum absolute atomic E-state index is 13.4. The first kappa shape index (κ1) is 30.2. The molecule has 0 aromatic heterocycles. The Morgan fingerprint density at radius 2 is 1.17 bits per heavy atom. The van der Waals surface area contributed by atoms with Crippen LogP contribution in [0.25, 0.3) is 0 Å². The van der Waals surface area contributed by atoms with Gasteiger partial charge in [0.25, 0.3) is 11.8 Å². The summed E-state index contributed by atoms with van der Waals surface area (Å²) in [5.74, 6) is -0.980. The molecule has 228 valence electrons. The maximum atomic E-state index is 13.4. The third-order valence-electron chi connectivity index (χ3n) is 8.24. The van der Waals surface area contributed by atoms with Crippen LogP contribution in [-0.4, -0.2) is 29.7 Å². The van der Waals surface area contributed by atoms with Crippen molar-refractivity contribution in [2.75, 3.05) is 4.90 Å². The number of hydrogen-bond acceptors (Lipinski definition) is 6. The number of nitrogens with zero attached hydrogens (tertiary/aromatic N) is 1. The monoisotopic (exact) mass is 609 g/mol. The van der Waals surface area contributed by atoms with E-state index < -0.39 is 23.9 Å². The summed E-state index contributed by atoms with van der Waals surface area (Å²) in [7, 11) is 0. The smallest absolute Gasteiger partial charge is 0.338 e. The first-order valence-corrected chi connectivity index (χ1v) is 14.9. The number of ether oxygens (including phenoxy) is 2. The molecule has 1 aliphatic heterocycles. The highest BCUT2D eigenvalue weighted by molar-refractivity contribution is 6.34. The summed E-state index contributed by atoms with van der Waals surface area (Å²) in [6.07, 6.45) is -1.03. The average molecular weight is 610 g/mol. The molecule has 0 N–H and O–H groups in total. The summed E-state index contributed by atoms with van der Waals surface area (Å²) in [5, 5.41) is 0. The molecule has 5 aromatic rings. The van der Waals surface area contributed by atoms with E-state index in [1.54, 1.807) is 54.6 Å². The molecule has 7 heteroatoms. The number of imide groups is 1. The molecule has 0 bridgehead atoms. The van der Waals surface area contributed by atoms with Gasteiger partial charge in [0.1, 0.15) is 11.5 Å². The van der Waals surface area contributed by atoms with Gasteiger partial charge in [-0.2, -0.15) is 0 Å². The third-order valence-corrected chi connectivity index (χ3v) is 8.24. The van der Waals surface area contributed by atoms with Gasteiger partial charge in [0.05, 0.1) is 22.4 Å². The van der Waals surface area contributed by atoms with Crippen molar-refractivity contribution < 1.29 is 28.7 Å². The molecule has 6 rings (SSSR count). The Balaban J connectivity index is 1.12. The Bertz CT molecular complexity index is 1930. The van der Waals surface area contributed by atoms with Gasteiger partial charge in [0.2, 0.25) is 5.78 Å². The van der Waals surface area contributed by atoms with Gasteiger partial charge in [-0.1, -0.05) is 86.6 Å². The van der Waals surface area contributed by atoms with Crippen molar-refractivity contribution in [3.05, 3.63) is 161 Å². The number of amides is 2. The number of ketones is 1. The molecule has 0 radical (unpaired) electrons. The van der Waals surface area contributed by atoms with E-state index in [9.17, 15) is 19.2 Å². The van der Waals surface area contributed by atoms with Gasteiger partial charge in [-0.15, -0.1) is 0 Å². The zero-order valence-corrected chi connectivity index (χ0v) is 25.6. The summed E-state index contributed by atoms with van der Waals surface area (Å²) >= 11 is 0. The van der Waals surface area contributed by atoms with E-state index in [-0.39, 0.29) is 27.9 Å². The molecule has 0 spiro atoms. The first-order chi connectivity index (χ1) is 22.1. The standard InChI is InChI=1S/C39H31NO6/c1-25(35(41)26-10-6-4-7-11-26)45-38(44)27-14-23-33-34(24-27)37(43)40(36(33)42)30-17-21-32(22-18-30)46-31-19-15-29(16-20-31)39(2,3)28-12-8-5-9-13-28/h4-25H,1-3H3. The molecular weight excluding hydrogens is 578 g/mol. The molecule has 0 saturated heterocycles. The molecule has 46 heavy (non-hydrogen) atoms. The van der Waals surface area contributed by atoms with Crippen molar-refractivity contribution in [1.29, 1.82) is 0 Å². The zero-order valence-electron chi connectivity index (χ0n) is 25.6. The van der Waals surface area contributed by atoms with Crippen LogP contribution in [0.15, 0.2) is 127 Å². The lowest BCUT2D eigenvalue weighted by atomic mass is 9.78. The van der Waals surface area contributed by atoms with Crippen LogP contribution in [0.3, 0.4) is 0 Å². The first-order valence-electron chi connectivity index (χ1n) is 14.9. The molecule has 2 amide bonds. The fourth-order valence-electron chi connectivity index (χ4n) is 5.48. The topological polar surface area (TPSA) is 90.0 Å². The number of carbonyl (C=O) groups excluding carboxylic acids is 4. The zero-order chi connectivity index (χ0) is 32.4. The second kappa shape index (κ2) is 12.3. The fraction of sp³-hybridized carbons (Fsp3) is 0.128. The van der Waals surface area contributed by atoms with Crippen LogP contribution in [0, 0.1) is 0 Å². The minimum absolute atomic E-state index is 0.0661. The van der Waals surface area contributed by atoms with E-state index in [2.05, 4.69) is 26.0 Å². The molecule has 1 unspecified atom stereocenters. The summed E-state index contributed by atoms with van der Waals surface area (Å²) in [4.78, 5) is 53.1. The summed E-state index contributed by atoms with van der Waals surface area (Å²) in [6, 6.07) is 37.6. The minimum atomic E-state index is -1.03. The van der Waals surface area contributed by atoms with Crippen LogP contribution in [0.5, 0.6) is 11.5 Å². The van der Waals surface area contributed by atoms with Gasteiger partial charge in [-0.3, -0.25) is 14.4 Å². The highest BCUT2D eigenvalue weighted by Gasteiger charge is 2.37. The Kier molecular flexibility index (Phi) is 8.07. The molecule has 1 heterocycles. The molecule has 1 aliphatic rings. The lowest BCUT2D eigenvalue weighted by Crippen LogP contribution is -2.29. The predicted molar refractivity (Wildman–Crippen MR) is 175 cm³/mol. The molecule has 1 atom stereocenters. The van der Waals surface area contributed by atoms with Crippen molar-refractivity contribution in [2.24, 2.45) is 0 Å². The van der Waals surface area contributed by atoms with Gasteiger partial charge in [-0.25, -0.2) is 9.69 Å². The van der Waals surface area contributed by atoms with Crippen LogP contribution >= 0.6 is 0 Å². The van der Waals surface area contributed by atoms with Crippen LogP contribution in [0.4, 0.5) is 5.69 Å². The Morgan fingerprint density at radius 3 is 1.80 bits per heavy atom. The van der Waals surface area contributed by atoms with E-state index in [1.807, 2.05) is 42.5 Å². The quantitative estimate of drug-likeness (QED) is 0.0955. The van der Waals surface area contributed by atoms with Crippen molar-refractivity contribution >= 4 is 29.3 Å². The number of esters is 1. The molecule has 0 aliphatic carbocycles. The van der Waals surface area contributed by atoms with Gasteiger partial charge >= 0.3 is 5.97 Å². The number of fused-ring (bicyclic) bond motifs is 1. The molecule has 0 fully saturated rings. The number of anilines is 1. The Labute approximate surface area is 267 Å². The van der Waals surface area contributed by atoms with E-state index >= 15 is 0 Å². The lowest BCUT2D eigenvalue weighted by molar-refractivity contribution is 0.0318. The predicted octanol–water partition coefficient (Wildman–Crippen LogP) is 8.03. The Hall–Kier alpha value is -5.82. The van der Waals surface area contributed by atoms with Gasteiger partial charge in [-0.05, 0) is 72.6 Å². The second-order valence-corrected chi connectivity index (χ2v) is 11.6. The maximum Gasteiger partial charge on any atom is 0.338 e.